The molecule has 1 rings (SSSR count). The smallest absolute Gasteiger partial charge is 0.178 e. The van der Waals surface area contributed by atoms with Crippen molar-refractivity contribution in [3.05, 3.63) is 23.6 Å². The Labute approximate surface area is 43.6 Å². The van der Waals surface area contributed by atoms with Crippen molar-refractivity contribution in [3.8, 4) is 0 Å². The van der Waals surface area contributed by atoms with Crippen LogP contribution in [0.25, 0.3) is 0 Å². The molecule has 0 aliphatic carbocycles. The lowest BCUT2D eigenvalue weighted by Gasteiger charge is -1.86. The van der Waals surface area contributed by atoms with Gasteiger partial charge in [-0.25, -0.2) is 0 Å². The first-order valence-electron chi connectivity index (χ1n) is 2.25. The average Bonchev–Trinajstić information content (AvgIpc) is 2.14. The summed E-state index contributed by atoms with van der Waals surface area (Å²) >= 11 is 0. The fourth-order valence-corrected chi connectivity index (χ4v) is 0.519. The first-order chi connectivity index (χ1) is 3.43. The molecule has 0 saturated carbocycles. The molecular formula is C5H6BO. The van der Waals surface area contributed by atoms with Gasteiger partial charge >= 0.3 is 0 Å². The zero-order valence-corrected chi connectivity index (χ0v) is 3.96. The maximum Gasteiger partial charge on any atom is 0.178 e. The third kappa shape index (κ3) is 0.935. The second kappa shape index (κ2) is 1.98. The highest BCUT2D eigenvalue weighted by Gasteiger charge is 1.95. The summed E-state index contributed by atoms with van der Waals surface area (Å²) in [7, 11) is 1.89. The molecule has 1 radical (unpaired) electrons. The molecule has 0 unspecified atom stereocenters. The van der Waals surface area contributed by atoms with Gasteiger partial charge in [0.15, 0.2) is 7.28 Å². The van der Waals surface area contributed by atoms with Gasteiger partial charge in [-0.05, 0) is 0 Å². The Kier molecular flexibility index (Phi) is 1.32. The molecule has 1 heterocycles. The number of allylic oxidation sites excluding steroid dienone is 2. The van der Waals surface area contributed by atoms with Crippen LogP contribution in [0.15, 0.2) is 23.6 Å². The van der Waals surface area contributed by atoms with Gasteiger partial charge < -0.3 is 5.11 Å². The van der Waals surface area contributed by atoms with E-state index in [4.69, 9.17) is 5.11 Å². The Balaban J connectivity index is 2.45. The van der Waals surface area contributed by atoms with Crippen molar-refractivity contribution in [1.29, 1.82) is 0 Å². The lowest BCUT2D eigenvalue weighted by atomic mass is 9.73. The van der Waals surface area contributed by atoms with Crippen molar-refractivity contribution in [3.63, 3.8) is 0 Å². The highest BCUT2D eigenvalue weighted by molar-refractivity contribution is 6.52. The Hall–Kier alpha value is -0.495. The third-order valence-electron chi connectivity index (χ3n) is 0.914. The van der Waals surface area contributed by atoms with Crippen LogP contribution in [-0.2, 0) is 0 Å². The Morgan fingerprint density at radius 3 is 2.86 bits per heavy atom. The summed E-state index contributed by atoms with van der Waals surface area (Å²) in [6.07, 6.45) is 3.80. The summed E-state index contributed by atoms with van der Waals surface area (Å²) < 4.78 is 0. The minimum absolute atomic E-state index is 0.160. The van der Waals surface area contributed by atoms with Crippen LogP contribution in [0.5, 0.6) is 0 Å². The molecule has 2 heteroatoms. The number of hydrogen-bond acceptors (Lipinski definition) is 1. The summed E-state index contributed by atoms with van der Waals surface area (Å²) in [5.41, 5.74) is 0.986. The Morgan fingerprint density at radius 2 is 2.57 bits per heavy atom. The monoisotopic (exact) mass is 93.1 g/mol. The molecule has 0 bridgehead atoms. The van der Waals surface area contributed by atoms with Crippen LogP contribution >= 0.6 is 0 Å². The zero-order valence-electron chi connectivity index (χ0n) is 3.96. The molecule has 35 valence electrons. The molecule has 1 aliphatic rings. The van der Waals surface area contributed by atoms with E-state index in [9.17, 15) is 0 Å². The lowest BCUT2D eigenvalue weighted by Crippen LogP contribution is -1.92. The molecule has 0 aromatic heterocycles. The highest BCUT2D eigenvalue weighted by Crippen LogP contribution is 1.97. The predicted molar refractivity (Wildman–Crippen MR) is 30.1 cm³/mol. The molecule has 1 aliphatic heterocycles. The van der Waals surface area contributed by atoms with E-state index in [1.54, 1.807) is 0 Å². The molecule has 0 spiro atoms. The second-order valence-electron chi connectivity index (χ2n) is 1.45. The first-order valence-corrected chi connectivity index (χ1v) is 2.25. The van der Waals surface area contributed by atoms with Crippen molar-refractivity contribution in [2.24, 2.45) is 0 Å². The van der Waals surface area contributed by atoms with Crippen LogP contribution in [-0.4, -0.2) is 19.0 Å². The van der Waals surface area contributed by atoms with Gasteiger partial charge in [-0.15, -0.1) is 5.98 Å². The minimum atomic E-state index is 0.160. The van der Waals surface area contributed by atoms with E-state index < -0.39 is 0 Å². The summed E-state index contributed by atoms with van der Waals surface area (Å²) in [4.78, 5) is 0. The molecule has 1 nitrogen and oxygen atoms in total. The fourth-order valence-electron chi connectivity index (χ4n) is 0.519. The first kappa shape index (κ1) is 4.66. The SMILES string of the molecule is OCC1=CC=C[B]1. The lowest BCUT2D eigenvalue weighted by molar-refractivity contribution is 0.338. The van der Waals surface area contributed by atoms with E-state index >= 15 is 0 Å². The zero-order chi connectivity index (χ0) is 5.11. The molecule has 0 aromatic rings. The number of rotatable bonds is 1. The third-order valence-corrected chi connectivity index (χ3v) is 0.914. The van der Waals surface area contributed by atoms with Gasteiger partial charge in [-0.1, -0.05) is 17.6 Å². The van der Waals surface area contributed by atoms with E-state index in [2.05, 4.69) is 0 Å². The van der Waals surface area contributed by atoms with E-state index in [-0.39, 0.29) is 6.61 Å². The molecule has 0 fully saturated rings. The molecule has 0 atom stereocenters. The maximum absolute atomic E-state index is 8.43. The maximum atomic E-state index is 8.43. The van der Waals surface area contributed by atoms with Gasteiger partial charge in [-0.2, -0.15) is 0 Å². The molecule has 0 amide bonds. The molecule has 1 N–H and O–H groups in total. The Bertz CT molecular complexity index is 115. The van der Waals surface area contributed by atoms with Crippen LogP contribution in [0.2, 0.25) is 0 Å². The van der Waals surface area contributed by atoms with Crippen molar-refractivity contribution < 1.29 is 5.11 Å². The van der Waals surface area contributed by atoms with Gasteiger partial charge in [0, 0.05) is 0 Å². The largest absolute Gasteiger partial charge is 0.393 e. The summed E-state index contributed by atoms with van der Waals surface area (Å²) in [5, 5.41) is 8.43. The standard InChI is InChI=1S/C5H6BO/c7-4-5-2-1-3-6-5/h1-3,7H,4H2. The van der Waals surface area contributed by atoms with Gasteiger partial charge in [-0.3, -0.25) is 0 Å². The van der Waals surface area contributed by atoms with Crippen molar-refractivity contribution in [2.75, 3.05) is 6.61 Å². The molecular weight excluding hydrogens is 86.9 g/mol. The van der Waals surface area contributed by atoms with E-state index in [0.29, 0.717) is 0 Å². The Morgan fingerprint density at radius 1 is 1.71 bits per heavy atom. The minimum Gasteiger partial charge on any atom is -0.393 e. The van der Waals surface area contributed by atoms with Crippen LogP contribution in [0, 0.1) is 0 Å². The molecule has 0 aromatic carbocycles. The second-order valence-corrected chi connectivity index (χ2v) is 1.45. The van der Waals surface area contributed by atoms with E-state index in [1.165, 1.54) is 0 Å². The molecule has 0 saturated heterocycles. The average molecular weight is 92.9 g/mol. The topological polar surface area (TPSA) is 20.2 Å². The van der Waals surface area contributed by atoms with Crippen LogP contribution in [0.4, 0.5) is 0 Å². The number of aliphatic hydroxyl groups is 1. The normalized spacial score (nSPS) is 16.4. The highest BCUT2D eigenvalue weighted by atomic mass is 16.3. The van der Waals surface area contributed by atoms with E-state index in [0.717, 1.165) is 5.47 Å². The van der Waals surface area contributed by atoms with Crippen molar-refractivity contribution in [2.45, 2.75) is 0 Å². The van der Waals surface area contributed by atoms with Crippen LogP contribution in [0.1, 0.15) is 0 Å². The molecule has 7 heavy (non-hydrogen) atoms. The summed E-state index contributed by atoms with van der Waals surface area (Å²) in [5.74, 6) is 1.91. The summed E-state index contributed by atoms with van der Waals surface area (Å²) in [6.45, 7) is 0.160. The van der Waals surface area contributed by atoms with Gasteiger partial charge in [0.2, 0.25) is 0 Å². The van der Waals surface area contributed by atoms with Crippen molar-refractivity contribution in [1.82, 2.24) is 0 Å². The quantitative estimate of drug-likeness (QED) is 0.455. The van der Waals surface area contributed by atoms with Gasteiger partial charge in [0.1, 0.15) is 0 Å². The van der Waals surface area contributed by atoms with Gasteiger partial charge in [0.05, 0.1) is 6.61 Å². The van der Waals surface area contributed by atoms with E-state index in [1.807, 2.05) is 25.4 Å². The predicted octanol–water partition coefficient (Wildman–Crippen LogP) is 0.0941. The fraction of sp³-hybridized carbons (Fsp3) is 0.200. The number of aliphatic hydroxyl groups excluding tert-OH is 1. The van der Waals surface area contributed by atoms with Crippen molar-refractivity contribution >= 4 is 7.28 Å². The number of hydrogen-bond donors (Lipinski definition) is 1. The van der Waals surface area contributed by atoms with Crippen LogP contribution in [0.3, 0.4) is 0 Å². The van der Waals surface area contributed by atoms with Gasteiger partial charge in [0.25, 0.3) is 0 Å². The summed E-state index contributed by atoms with van der Waals surface area (Å²) in [6, 6.07) is 0. The van der Waals surface area contributed by atoms with Crippen LogP contribution < -0.4 is 0 Å².